The summed E-state index contributed by atoms with van der Waals surface area (Å²) < 4.78 is 13.4. The molecule has 3 aliphatic rings. The summed E-state index contributed by atoms with van der Waals surface area (Å²) in [5, 5.41) is 0. The second-order valence-electron chi connectivity index (χ2n) is 7.15. The van der Waals surface area contributed by atoms with Crippen LogP contribution in [0.25, 0.3) is 0 Å². The Bertz CT molecular complexity index is 585. The van der Waals surface area contributed by atoms with E-state index in [-0.39, 0.29) is 17.8 Å². The van der Waals surface area contributed by atoms with Crippen LogP contribution >= 0.6 is 0 Å². The van der Waals surface area contributed by atoms with Crippen LogP contribution in [0.5, 0.6) is 0 Å². The molecule has 2 bridgehead atoms. The standard InChI is InChI=1S/C18H22FNO/c1-11-2-4-14-10-15(19)6-7-17(14)20(11)18(21)16-9-12-3-5-13(16)8-12/h6-7,10-13,16H,2-5,8-9H2,1H3. The largest absolute Gasteiger partial charge is 0.309 e. The molecule has 2 aliphatic carbocycles. The number of hydrogen-bond acceptors (Lipinski definition) is 1. The van der Waals surface area contributed by atoms with E-state index >= 15 is 0 Å². The zero-order valence-corrected chi connectivity index (χ0v) is 12.5. The molecule has 0 saturated heterocycles. The van der Waals surface area contributed by atoms with E-state index in [4.69, 9.17) is 0 Å². The average molecular weight is 287 g/mol. The summed E-state index contributed by atoms with van der Waals surface area (Å²) in [7, 11) is 0. The summed E-state index contributed by atoms with van der Waals surface area (Å²) in [4.78, 5) is 15.1. The first kappa shape index (κ1) is 13.3. The molecule has 4 unspecified atom stereocenters. The Morgan fingerprint density at radius 3 is 2.81 bits per heavy atom. The molecule has 112 valence electrons. The molecule has 2 fully saturated rings. The second kappa shape index (κ2) is 4.82. The van der Waals surface area contributed by atoms with Gasteiger partial charge in [-0.3, -0.25) is 4.79 Å². The van der Waals surface area contributed by atoms with Crippen LogP contribution in [-0.4, -0.2) is 11.9 Å². The molecule has 0 N–H and O–H groups in total. The molecule has 0 aromatic heterocycles. The Labute approximate surface area is 125 Å². The fourth-order valence-corrected chi connectivity index (χ4v) is 4.78. The lowest BCUT2D eigenvalue weighted by atomic mass is 9.86. The lowest BCUT2D eigenvalue weighted by Crippen LogP contribution is -2.46. The molecule has 1 amide bonds. The highest BCUT2D eigenvalue weighted by Crippen LogP contribution is 2.49. The average Bonchev–Trinajstić information content (AvgIpc) is 3.09. The van der Waals surface area contributed by atoms with E-state index in [0.29, 0.717) is 11.8 Å². The van der Waals surface area contributed by atoms with Crippen molar-refractivity contribution in [3.63, 3.8) is 0 Å². The van der Waals surface area contributed by atoms with Crippen LogP contribution in [0.15, 0.2) is 18.2 Å². The molecule has 21 heavy (non-hydrogen) atoms. The van der Waals surface area contributed by atoms with Gasteiger partial charge in [-0.2, -0.15) is 0 Å². The van der Waals surface area contributed by atoms with Crippen molar-refractivity contribution in [2.45, 2.75) is 51.5 Å². The van der Waals surface area contributed by atoms with E-state index in [0.717, 1.165) is 36.4 Å². The van der Waals surface area contributed by atoms with Crippen molar-refractivity contribution in [3.8, 4) is 0 Å². The van der Waals surface area contributed by atoms with Crippen molar-refractivity contribution in [1.29, 1.82) is 0 Å². The summed E-state index contributed by atoms with van der Waals surface area (Å²) in [5.74, 6) is 1.68. The third-order valence-electron chi connectivity index (χ3n) is 5.87. The minimum Gasteiger partial charge on any atom is -0.309 e. The van der Waals surface area contributed by atoms with Crippen LogP contribution in [0.4, 0.5) is 10.1 Å². The van der Waals surface area contributed by atoms with Crippen molar-refractivity contribution in [3.05, 3.63) is 29.6 Å². The molecular formula is C18H22FNO. The predicted octanol–water partition coefficient (Wildman–Crippen LogP) is 3.93. The second-order valence-corrected chi connectivity index (χ2v) is 7.15. The molecule has 2 saturated carbocycles. The normalized spacial score (nSPS) is 34.1. The van der Waals surface area contributed by atoms with Gasteiger partial charge in [-0.05, 0) is 74.6 Å². The van der Waals surface area contributed by atoms with Gasteiger partial charge in [0.25, 0.3) is 0 Å². The van der Waals surface area contributed by atoms with E-state index < -0.39 is 0 Å². The van der Waals surface area contributed by atoms with Gasteiger partial charge in [-0.15, -0.1) is 0 Å². The van der Waals surface area contributed by atoms with Gasteiger partial charge in [-0.25, -0.2) is 4.39 Å². The number of nitrogens with zero attached hydrogens (tertiary/aromatic N) is 1. The van der Waals surface area contributed by atoms with Gasteiger partial charge in [0.2, 0.25) is 5.91 Å². The lowest BCUT2D eigenvalue weighted by molar-refractivity contribution is -0.124. The van der Waals surface area contributed by atoms with Crippen LogP contribution in [-0.2, 0) is 11.2 Å². The van der Waals surface area contributed by atoms with Crippen molar-refractivity contribution in [2.24, 2.45) is 17.8 Å². The van der Waals surface area contributed by atoms with E-state index in [9.17, 15) is 9.18 Å². The van der Waals surface area contributed by atoms with Crippen molar-refractivity contribution in [1.82, 2.24) is 0 Å². The number of aryl methyl sites for hydroxylation is 1. The number of fused-ring (bicyclic) bond motifs is 3. The van der Waals surface area contributed by atoms with Crippen LogP contribution in [0.2, 0.25) is 0 Å². The van der Waals surface area contributed by atoms with Gasteiger partial charge in [-0.1, -0.05) is 6.42 Å². The first-order chi connectivity index (χ1) is 10.1. The smallest absolute Gasteiger partial charge is 0.230 e. The summed E-state index contributed by atoms with van der Waals surface area (Å²) in [6.45, 7) is 2.12. The van der Waals surface area contributed by atoms with Crippen LogP contribution in [0.3, 0.4) is 0 Å². The van der Waals surface area contributed by atoms with Crippen molar-refractivity contribution >= 4 is 11.6 Å². The van der Waals surface area contributed by atoms with Crippen molar-refractivity contribution < 1.29 is 9.18 Å². The summed E-state index contributed by atoms with van der Waals surface area (Å²) in [6, 6.07) is 5.11. The van der Waals surface area contributed by atoms with E-state index in [1.54, 1.807) is 12.1 Å². The Morgan fingerprint density at radius 2 is 2.10 bits per heavy atom. The van der Waals surface area contributed by atoms with Crippen LogP contribution in [0.1, 0.15) is 44.6 Å². The van der Waals surface area contributed by atoms with Crippen molar-refractivity contribution in [2.75, 3.05) is 4.90 Å². The molecule has 1 aliphatic heterocycles. The maximum absolute atomic E-state index is 13.4. The van der Waals surface area contributed by atoms with Crippen LogP contribution in [0, 0.1) is 23.6 Å². The quantitative estimate of drug-likeness (QED) is 0.766. The zero-order valence-electron chi connectivity index (χ0n) is 12.5. The molecule has 1 heterocycles. The van der Waals surface area contributed by atoms with Gasteiger partial charge in [0.15, 0.2) is 0 Å². The summed E-state index contributed by atoms with van der Waals surface area (Å²) in [6.07, 6.45) is 6.65. The number of benzene rings is 1. The Balaban J connectivity index is 1.66. The zero-order chi connectivity index (χ0) is 14.6. The third-order valence-corrected chi connectivity index (χ3v) is 5.87. The van der Waals surface area contributed by atoms with Gasteiger partial charge >= 0.3 is 0 Å². The molecule has 1 aromatic rings. The van der Waals surface area contributed by atoms with E-state index in [2.05, 4.69) is 6.92 Å². The van der Waals surface area contributed by atoms with Gasteiger partial charge in [0, 0.05) is 17.6 Å². The number of anilines is 1. The fourth-order valence-electron chi connectivity index (χ4n) is 4.78. The van der Waals surface area contributed by atoms with E-state index in [1.165, 1.54) is 25.3 Å². The molecule has 3 heteroatoms. The molecular weight excluding hydrogens is 265 g/mol. The SMILES string of the molecule is CC1CCc2cc(F)ccc2N1C(=O)C1CC2CCC1C2. The molecule has 4 atom stereocenters. The first-order valence-electron chi connectivity index (χ1n) is 8.25. The molecule has 1 aromatic carbocycles. The topological polar surface area (TPSA) is 20.3 Å². The van der Waals surface area contributed by atoms with Gasteiger partial charge in [0.1, 0.15) is 5.82 Å². The molecule has 2 nitrogen and oxygen atoms in total. The highest BCUT2D eigenvalue weighted by Gasteiger charge is 2.45. The highest BCUT2D eigenvalue weighted by atomic mass is 19.1. The number of rotatable bonds is 1. The highest BCUT2D eigenvalue weighted by molar-refractivity contribution is 5.97. The van der Waals surface area contributed by atoms with Crippen LogP contribution < -0.4 is 4.90 Å². The first-order valence-corrected chi connectivity index (χ1v) is 8.25. The van der Waals surface area contributed by atoms with E-state index in [1.807, 2.05) is 4.90 Å². The molecule has 0 radical (unpaired) electrons. The summed E-state index contributed by atoms with van der Waals surface area (Å²) >= 11 is 0. The minimum atomic E-state index is -0.198. The Morgan fingerprint density at radius 1 is 1.24 bits per heavy atom. The maximum atomic E-state index is 13.4. The fraction of sp³-hybridized carbons (Fsp3) is 0.611. The number of carbonyl (C=O) groups is 1. The molecule has 0 spiro atoms. The number of amides is 1. The van der Waals surface area contributed by atoms with Gasteiger partial charge < -0.3 is 4.90 Å². The predicted molar refractivity (Wildman–Crippen MR) is 80.6 cm³/mol. The van der Waals surface area contributed by atoms with Gasteiger partial charge in [0.05, 0.1) is 0 Å². The maximum Gasteiger partial charge on any atom is 0.230 e. The lowest BCUT2D eigenvalue weighted by Gasteiger charge is -2.38. The Hall–Kier alpha value is -1.38. The number of halogens is 1. The summed E-state index contributed by atoms with van der Waals surface area (Å²) in [5.41, 5.74) is 1.94. The third kappa shape index (κ3) is 2.09. The monoisotopic (exact) mass is 287 g/mol. The Kier molecular flexibility index (Phi) is 3.05. The number of hydrogen-bond donors (Lipinski definition) is 0. The number of carbonyl (C=O) groups excluding carboxylic acids is 1. The minimum absolute atomic E-state index is 0.198. The molecule has 4 rings (SSSR count).